The Morgan fingerprint density at radius 2 is 1.53 bits per heavy atom. The molecule has 0 spiro atoms. The Balaban J connectivity index is 2.23. The van der Waals surface area contributed by atoms with Crippen molar-refractivity contribution in [2.45, 2.75) is 58.7 Å². The molecule has 36 heavy (non-hydrogen) atoms. The highest BCUT2D eigenvalue weighted by atomic mass is 16.5. The minimum absolute atomic E-state index is 0.0951. The molecule has 0 aromatic heterocycles. The van der Waals surface area contributed by atoms with E-state index in [2.05, 4.69) is 16.0 Å². The molecule has 0 fully saturated rings. The summed E-state index contributed by atoms with van der Waals surface area (Å²) in [6, 6.07) is 10.7. The number of aromatic hydroxyl groups is 1. The quantitative estimate of drug-likeness (QED) is 0.304. The van der Waals surface area contributed by atoms with E-state index in [1.54, 1.807) is 43.5 Å². The molecule has 0 bridgehead atoms. The van der Waals surface area contributed by atoms with Gasteiger partial charge in [0.15, 0.2) is 0 Å². The van der Waals surface area contributed by atoms with Crippen LogP contribution < -0.4 is 26.4 Å². The van der Waals surface area contributed by atoms with Crippen LogP contribution in [0.1, 0.15) is 39.7 Å². The summed E-state index contributed by atoms with van der Waals surface area (Å²) >= 11 is 0. The fraction of sp³-hybridized carbons (Fsp3) is 0.444. The SMILES string of the molecule is CCC(C)[C@H](NC(=O)[C@H](Cc1ccc(O)cc1)NC(=O)[C@@H](N)C(C)C)C(=O)Nc1ccc(OC)cc1. The topological polar surface area (TPSA) is 143 Å². The van der Waals surface area contributed by atoms with Crippen LogP contribution in [0.3, 0.4) is 0 Å². The van der Waals surface area contributed by atoms with E-state index in [9.17, 15) is 19.5 Å². The molecule has 9 nitrogen and oxygen atoms in total. The summed E-state index contributed by atoms with van der Waals surface area (Å²) < 4.78 is 5.15. The minimum Gasteiger partial charge on any atom is -0.508 e. The summed E-state index contributed by atoms with van der Waals surface area (Å²) in [5.74, 6) is -0.851. The van der Waals surface area contributed by atoms with Crippen LogP contribution in [0.25, 0.3) is 0 Å². The maximum Gasteiger partial charge on any atom is 0.247 e. The van der Waals surface area contributed by atoms with Crippen molar-refractivity contribution in [2.24, 2.45) is 17.6 Å². The molecule has 0 radical (unpaired) electrons. The Kier molecular flexibility index (Phi) is 10.7. The number of nitrogens with two attached hydrogens (primary N) is 1. The minimum atomic E-state index is -0.966. The van der Waals surface area contributed by atoms with Gasteiger partial charge in [-0.05, 0) is 53.8 Å². The molecular formula is C27H38N4O5. The van der Waals surface area contributed by atoms with Crippen LogP contribution in [0.2, 0.25) is 0 Å². The average molecular weight is 499 g/mol. The van der Waals surface area contributed by atoms with Crippen molar-refractivity contribution < 1.29 is 24.2 Å². The van der Waals surface area contributed by atoms with E-state index < -0.39 is 29.9 Å². The number of carbonyl (C=O) groups is 3. The number of benzene rings is 2. The molecule has 0 heterocycles. The first-order chi connectivity index (χ1) is 17.0. The van der Waals surface area contributed by atoms with Crippen LogP contribution in [0, 0.1) is 11.8 Å². The highest BCUT2D eigenvalue weighted by Gasteiger charge is 2.31. The third-order valence-corrected chi connectivity index (χ3v) is 6.18. The summed E-state index contributed by atoms with van der Waals surface area (Å²) in [5.41, 5.74) is 7.30. The van der Waals surface area contributed by atoms with E-state index >= 15 is 0 Å². The summed E-state index contributed by atoms with van der Waals surface area (Å²) in [5, 5.41) is 18.0. The lowest BCUT2D eigenvalue weighted by Crippen LogP contribution is -2.57. The van der Waals surface area contributed by atoms with E-state index in [0.29, 0.717) is 17.9 Å². The molecule has 2 aromatic carbocycles. The van der Waals surface area contributed by atoms with Crippen LogP contribution >= 0.6 is 0 Å². The van der Waals surface area contributed by atoms with Gasteiger partial charge in [0.25, 0.3) is 0 Å². The summed E-state index contributed by atoms with van der Waals surface area (Å²) in [7, 11) is 1.56. The zero-order valence-corrected chi connectivity index (χ0v) is 21.6. The Hall–Kier alpha value is -3.59. The molecule has 6 N–H and O–H groups in total. The van der Waals surface area contributed by atoms with Gasteiger partial charge >= 0.3 is 0 Å². The van der Waals surface area contributed by atoms with E-state index in [-0.39, 0.29) is 29.9 Å². The standard InChI is InChI=1S/C27H38N4O5/c1-6-17(4)24(27(35)29-19-9-13-21(36-5)14-10-19)31-25(33)22(30-26(34)23(28)16(2)3)15-18-7-11-20(32)12-8-18/h7-14,16-17,22-24,32H,6,15,28H2,1-5H3,(H,29,35)(H,30,34)(H,31,33)/t17?,22-,23-,24-/m0/s1. The number of ether oxygens (including phenoxy) is 1. The van der Waals surface area contributed by atoms with E-state index in [1.807, 2.05) is 27.7 Å². The van der Waals surface area contributed by atoms with Gasteiger partial charge in [-0.15, -0.1) is 0 Å². The van der Waals surface area contributed by atoms with Gasteiger partial charge in [0.2, 0.25) is 17.7 Å². The van der Waals surface area contributed by atoms with E-state index in [1.165, 1.54) is 12.1 Å². The van der Waals surface area contributed by atoms with Crippen LogP contribution in [0.15, 0.2) is 48.5 Å². The number of phenolic OH excluding ortho intramolecular Hbond substituents is 1. The van der Waals surface area contributed by atoms with Crippen molar-refractivity contribution in [2.75, 3.05) is 12.4 Å². The van der Waals surface area contributed by atoms with Crippen molar-refractivity contribution in [3.63, 3.8) is 0 Å². The fourth-order valence-corrected chi connectivity index (χ4v) is 3.50. The maximum atomic E-state index is 13.4. The number of carbonyl (C=O) groups excluding carboxylic acids is 3. The predicted molar refractivity (Wildman–Crippen MR) is 140 cm³/mol. The normalized spacial score (nSPS) is 14.3. The highest BCUT2D eigenvalue weighted by molar-refractivity contribution is 5.99. The van der Waals surface area contributed by atoms with Crippen molar-refractivity contribution >= 4 is 23.4 Å². The van der Waals surface area contributed by atoms with Crippen LogP contribution in [-0.2, 0) is 20.8 Å². The monoisotopic (exact) mass is 498 g/mol. The van der Waals surface area contributed by atoms with Gasteiger partial charge in [0.1, 0.15) is 23.6 Å². The fourth-order valence-electron chi connectivity index (χ4n) is 3.50. The molecule has 4 atom stereocenters. The Morgan fingerprint density at radius 3 is 2.06 bits per heavy atom. The zero-order valence-electron chi connectivity index (χ0n) is 21.6. The number of hydrogen-bond acceptors (Lipinski definition) is 6. The van der Waals surface area contributed by atoms with Crippen molar-refractivity contribution in [1.29, 1.82) is 0 Å². The first kappa shape index (κ1) is 28.6. The lowest BCUT2D eigenvalue weighted by molar-refractivity contribution is -0.132. The van der Waals surface area contributed by atoms with Gasteiger partial charge in [0.05, 0.1) is 13.2 Å². The number of methoxy groups -OCH3 is 1. The predicted octanol–water partition coefficient (Wildman–Crippen LogP) is 2.58. The molecule has 0 saturated carbocycles. The third kappa shape index (κ3) is 8.27. The Labute approximate surface area is 212 Å². The van der Waals surface area contributed by atoms with Gasteiger partial charge in [0, 0.05) is 12.1 Å². The molecule has 0 aliphatic rings. The second kappa shape index (κ2) is 13.5. The van der Waals surface area contributed by atoms with Crippen LogP contribution in [-0.4, -0.2) is 48.1 Å². The average Bonchev–Trinajstić information content (AvgIpc) is 2.87. The Bertz CT molecular complexity index is 1010. The van der Waals surface area contributed by atoms with E-state index in [0.717, 1.165) is 5.56 Å². The smallest absolute Gasteiger partial charge is 0.247 e. The lowest BCUT2D eigenvalue weighted by atomic mass is 9.96. The molecule has 0 aliphatic heterocycles. The summed E-state index contributed by atoms with van der Waals surface area (Å²) in [4.78, 5) is 39.3. The molecular weight excluding hydrogens is 460 g/mol. The second-order valence-electron chi connectivity index (χ2n) is 9.29. The molecule has 1 unspecified atom stereocenters. The molecule has 0 saturated heterocycles. The number of nitrogens with one attached hydrogen (secondary N) is 3. The number of amides is 3. The largest absolute Gasteiger partial charge is 0.508 e. The first-order valence-corrected chi connectivity index (χ1v) is 12.1. The molecule has 2 aromatic rings. The molecule has 9 heteroatoms. The molecule has 2 rings (SSSR count). The van der Waals surface area contributed by atoms with Gasteiger partial charge in [-0.3, -0.25) is 14.4 Å². The van der Waals surface area contributed by atoms with Gasteiger partial charge < -0.3 is 31.5 Å². The second-order valence-corrected chi connectivity index (χ2v) is 9.29. The van der Waals surface area contributed by atoms with Gasteiger partial charge in [-0.1, -0.05) is 46.2 Å². The van der Waals surface area contributed by atoms with Crippen molar-refractivity contribution in [1.82, 2.24) is 10.6 Å². The molecule has 3 amide bonds. The zero-order chi connectivity index (χ0) is 26.8. The van der Waals surface area contributed by atoms with Gasteiger partial charge in [-0.25, -0.2) is 0 Å². The highest BCUT2D eigenvalue weighted by Crippen LogP contribution is 2.17. The van der Waals surface area contributed by atoms with Gasteiger partial charge in [-0.2, -0.15) is 0 Å². The molecule has 196 valence electrons. The summed E-state index contributed by atoms with van der Waals surface area (Å²) in [6.45, 7) is 7.45. The van der Waals surface area contributed by atoms with Crippen LogP contribution in [0.4, 0.5) is 5.69 Å². The van der Waals surface area contributed by atoms with Crippen LogP contribution in [0.5, 0.6) is 11.5 Å². The summed E-state index contributed by atoms with van der Waals surface area (Å²) in [6.07, 6.45) is 0.810. The lowest BCUT2D eigenvalue weighted by Gasteiger charge is -2.27. The number of hydrogen-bond donors (Lipinski definition) is 5. The van der Waals surface area contributed by atoms with Crippen molar-refractivity contribution in [3.05, 3.63) is 54.1 Å². The number of phenols is 1. The molecule has 0 aliphatic carbocycles. The van der Waals surface area contributed by atoms with E-state index in [4.69, 9.17) is 10.5 Å². The van der Waals surface area contributed by atoms with Crippen molar-refractivity contribution in [3.8, 4) is 11.5 Å². The number of anilines is 1. The third-order valence-electron chi connectivity index (χ3n) is 6.18. The first-order valence-electron chi connectivity index (χ1n) is 12.1. The number of rotatable bonds is 12. The Morgan fingerprint density at radius 1 is 0.917 bits per heavy atom. The maximum absolute atomic E-state index is 13.4.